The topological polar surface area (TPSA) is 86.5 Å². The fraction of sp³-hybridized carbons (Fsp3) is 0.571. The highest BCUT2D eigenvalue weighted by atomic mass is 16.4. The number of pyridine rings is 1. The van der Waals surface area contributed by atoms with Gasteiger partial charge in [0.15, 0.2) is 0 Å². The Labute approximate surface area is 171 Å². The minimum atomic E-state index is -0.774. The average molecular weight is 399 g/mol. The number of hydrogen-bond donors (Lipinski definition) is 2. The van der Waals surface area contributed by atoms with E-state index in [4.69, 9.17) is 4.98 Å². The number of rotatable bonds is 8. The summed E-state index contributed by atoms with van der Waals surface area (Å²) < 4.78 is 1.73. The minimum Gasteiger partial charge on any atom is -0.481 e. The second-order valence-electron chi connectivity index (χ2n) is 8.08. The van der Waals surface area contributed by atoms with Crippen molar-refractivity contribution in [3.8, 4) is 0 Å². The first-order valence-corrected chi connectivity index (χ1v) is 10.5. The lowest BCUT2D eigenvalue weighted by Crippen LogP contribution is -2.31. The van der Waals surface area contributed by atoms with Gasteiger partial charge >= 0.3 is 5.97 Å². The molecule has 0 aliphatic carbocycles. The molecule has 0 saturated carbocycles. The molecule has 0 spiro atoms. The molecule has 1 fully saturated rings. The second kappa shape index (κ2) is 8.92. The Morgan fingerprint density at radius 1 is 1.34 bits per heavy atom. The summed E-state index contributed by atoms with van der Waals surface area (Å²) in [5.41, 5.74) is 3.45. The zero-order valence-corrected chi connectivity index (χ0v) is 17.0. The first kappa shape index (κ1) is 19.8. The molecular formula is C21H30N6O2. The number of nitrogens with one attached hydrogen (secondary N) is 1. The smallest absolute Gasteiger partial charge is 0.305 e. The molecule has 1 unspecified atom stereocenters. The first-order valence-electron chi connectivity index (χ1n) is 10.5. The van der Waals surface area contributed by atoms with Gasteiger partial charge in [-0.15, -0.1) is 0 Å². The van der Waals surface area contributed by atoms with Crippen molar-refractivity contribution < 1.29 is 9.90 Å². The third-order valence-electron chi connectivity index (χ3n) is 5.86. The molecule has 4 rings (SSSR count). The largest absolute Gasteiger partial charge is 0.481 e. The van der Waals surface area contributed by atoms with Crippen LogP contribution in [-0.4, -0.2) is 68.5 Å². The van der Waals surface area contributed by atoms with Gasteiger partial charge in [0.05, 0.1) is 19.3 Å². The van der Waals surface area contributed by atoms with Crippen LogP contribution >= 0.6 is 0 Å². The number of carboxylic acids is 1. The maximum Gasteiger partial charge on any atom is 0.305 e. The Hall–Kier alpha value is -2.45. The van der Waals surface area contributed by atoms with Crippen LogP contribution in [0.1, 0.15) is 42.1 Å². The number of carboxylic acid groups (broad SMARTS) is 1. The quantitative estimate of drug-likeness (QED) is 0.702. The van der Waals surface area contributed by atoms with Crippen molar-refractivity contribution in [3.63, 3.8) is 0 Å². The highest BCUT2D eigenvalue weighted by molar-refractivity contribution is 5.67. The molecule has 1 atom stereocenters. The van der Waals surface area contributed by atoms with Crippen molar-refractivity contribution >= 4 is 11.8 Å². The van der Waals surface area contributed by atoms with Gasteiger partial charge in [0, 0.05) is 50.2 Å². The molecule has 2 aliphatic heterocycles. The monoisotopic (exact) mass is 398 g/mol. The van der Waals surface area contributed by atoms with Crippen molar-refractivity contribution in [2.45, 2.75) is 38.1 Å². The summed E-state index contributed by atoms with van der Waals surface area (Å²) >= 11 is 0. The first-order chi connectivity index (χ1) is 14.1. The zero-order chi connectivity index (χ0) is 20.2. The lowest BCUT2D eigenvalue weighted by atomic mass is 10.1. The number of hydrogen-bond acceptors (Lipinski definition) is 6. The second-order valence-corrected chi connectivity index (χ2v) is 8.08. The summed E-state index contributed by atoms with van der Waals surface area (Å²) in [7, 11) is 1.86. The van der Waals surface area contributed by atoms with Crippen LogP contribution in [0, 0.1) is 0 Å². The van der Waals surface area contributed by atoms with Gasteiger partial charge in [-0.25, -0.2) is 4.98 Å². The highest BCUT2D eigenvalue weighted by Crippen LogP contribution is 2.27. The average Bonchev–Trinajstić information content (AvgIpc) is 3.35. The predicted octanol–water partition coefficient (Wildman–Crippen LogP) is 1.90. The Bertz CT molecular complexity index is 851. The fourth-order valence-electron chi connectivity index (χ4n) is 4.33. The third kappa shape index (κ3) is 4.94. The summed E-state index contributed by atoms with van der Waals surface area (Å²) in [6.07, 6.45) is 8.13. The van der Waals surface area contributed by atoms with E-state index >= 15 is 0 Å². The number of aryl methyl sites for hydroxylation is 3. The molecule has 156 valence electrons. The highest BCUT2D eigenvalue weighted by Gasteiger charge is 2.29. The van der Waals surface area contributed by atoms with Crippen LogP contribution in [0.3, 0.4) is 0 Å². The van der Waals surface area contributed by atoms with Crippen LogP contribution in [0.15, 0.2) is 24.5 Å². The summed E-state index contributed by atoms with van der Waals surface area (Å²) in [6.45, 7) is 4.66. The molecule has 1 saturated heterocycles. The Morgan fingerprint density at radius 3 is 3.03 bits per heavy atom. The Kier molecular flexibility index (Phi) is 6.10. The maximum absolute atomic E-state index is 11.4. The van der Waals surface area contributed by atoms with Crippen molar-refractivity contribution in [1.82, 2.24) is 24.6 Å². The van der Waals surface area contributed by atoms with Crippen LogP contribution in [0.5, 0.6) is 0 Å². The molecule has 2 aromatic heterocycles. The van der Waals surface area contributed by atoms with Crippen LogP contribution < -0.4 is 5.32 Å². The van der Waals surface area contributed by atoms with Gasteiger partial charge in [-0.3, -0.25) is 19.3 Å². The lowest BCUT2D eigenvalue weighted by molar-refractivity contribution is -0.138. The van der Waals surface area contributed by atoms with Crippen LogP contribution in [0.4, 0.5) is 5.82 Å². The van der Waals surface area contributed by atoms with Gasteiger partial charge in [-0.1, -0.05) is 6.07 Å². The summed E-state index contributed by atoms with van der Waals surface area (Å²) in [4.78, 5) is 20.8. The molecular weight excluding hydrogens is 368 g/mol. The van der Waals surface area contributed by atoms with E-state index in [-0.39, 0.29) is 12.5 Å². The van der Waals surface area contributed by atoms with Crippen molar-refractivity contribution in [2.75, 3.05) is 38.2 Å². The van der Waals surface area contributed by atoms with E-state index in [1.54, 1.807) is 10.9 Å². The van der Waals surface area contributed by atoms with Gasteiger partial charge < -0.3 is 10.4 Å². The molecule has 29 heavy (non-hydrogen) atoms. The molecule has 8 heteroatoms. The SMILES string of the molecule is Cn1cc(C(CC(=O)O)N2CCN(CCCc3ccc4c(n3)NCCC4)C2)cn1. The molecule has 2 N–H and O–H groups in total. The van der Waals surface area contributed by atoms with E-state index in [1.807, 2.05) is 13.2 Å². The van der Waals surface area contributed by atoms with Crippen LogP contribution in [-0.2, 0) is 24.7 Å². The summed E-state index contributed by atoms with van der Waals surface area (Å²) in [5.74, 6) is 0.290. The lowest BCUT2D eigenvalue weighted by Gasteiger charge is -2.26. The Balaban J connectivity index is 1.29. The standard InChI is InChI=1S/C21H30N6O2/c1-25-14-17(13-23-25)19(12-20(28)29)27-11-10-26(15-27)9-3-5-18-7-6-16-4-2-8-22-21(16)24-18/h6-7,13-14,19H,2-5,8-12,15H2,1H3,(H,22,24)(H,28,29). The van der Waals surface area contributed by atoms with Crippen molar-refractivity contribution in [3.05, 3.63) is 41.3 Å². The number of aromatic nitrogens is 3. The van der Waals surface area contributed by atoms with Gasteiger partial charge in [0.25, 0.3) is 0 Å². The Morgan fingerprint density at radius 2 is 2.24 bits per heavy atom. The summed E-state index contributed by atoms with van der Waals surface area (Å²) in [5, 5.41) is 17.0. The molecule has 8 nitrogen and oxygen atoms in total. The van der Waals surface area contributed by atoms with Gasteiger partial charge in [-0.2, -0.15) is 5.10 Å². The molecule has 0 aromatic carbocycles. The number of aliphatic carboxylic acids is 1. The van der Waals surface area contributed by atoms with E-state index in [0.717, 1.165) is 69.2 Å². The number of carbonyl (C=O) groups is 1. The number of anilines is 1. The minimum absolute atomic E-state index is 0.103. The van der Waals surface area contributed by atoms with Gasteiger partial charge in [0.2, 0.25) is 0 Å². The third-order valence-corrected chi connectivity index (χ3v) is 5.86. The maximum atomic E-state index is 11.4. The zero-order valence-electron chi connectivity index (χ0n) is 17.0. The molecule has 2 aliphatic rings. The van der Waals surface area contributed by atoms with Gasteiger partial charge in [0.1, 0.15) is 5.82 Å². The molecule has 0 radical (unpaired) electrons. The fourth-order valence-corrected chi connectivity index (χ4v) is 4.33. The molecule has 2 aromatic rings. The number of fused-ring (bicyclic) bond motifs is 1. The van der Waals surface area contributed by atoms with Gasteiger partial charge in [-0.05, 0) is 43.9 Å². The van der Waals surface area contributed by atoms with Crippen molar-refractivity contribution in [2.24, 2.45) is 7.05 Å². The number of nitrogens with zero attached hydrogens (tertiary/aromatic N) is 5. The molecule has 0 amide bonds. The predicted molar refractivity (Wildman–Crippen MR) is 111 cm³/mol. The normalized spacial score (nSPS) is 18.4. The van der Waals surface area contributed by atoms with Crippen LogP contribution in [0.2, 0.25) is 0 Å². The van der Waals surface area contributed by atoms with Crippen molar-refractivity contribution in [1.29, 1.82) is 0 Å². The summed E-state index contributed by atoms with van der Waals surface area (Å²) in [6, 6.07) is 4.25. The van der Waals surface area contributed by atoms with Crippen LogP contribution in [0.25, 0.3) is 0 Å². The van der Waals surface area contributed by atoms with E-state index in [1.165, 1.54) is 12.0 Å². The van der Waals surface area contributed by atoms with E-state index in [2.05, 4.69) is 32.3 Å². The van der Waals surface area contributed by atoms with E-state index in [0.29, 0.717) is 0 Å². The van der Waals surface area contributed by atoms with E-state index in [9.17, 15) is 9.90 Å². The molecule has 0 bridgehead atoms. The van der Waals surface area contributed by atoms with E-state index < -0.39 is 5.97 Å². The molecule has 4 heterocycles.